The molecule has 2 atom stereocenters. The Morgan fingerprint density at radius 3 is 2.52 bits per heavy atom. The fraction of sp³-hybridized carbons (Fsp3) is 0.455. The van der Waals surface area contributed by atoms with Gasteiger partial charge in [-0.15, -0.1) is 0 Å². The van der Waals surface area contributed by atoms with Gasteiger partial charge < -0.3 is 5.32 Å². The van der Waals surface area contributed by atoms with Crippen LogP contribution < -0.4 is 10.0 Å². The topological polar surface area (TPSA) is 118 Å². The number of nitro benzene ring substituents is 1. The molecule has 118 valence electrons. The highest BCUT2D eigenvalue weighted by Gasteiger charge is 2.26. The van der Waals surface area contributed by atoms with Crippen LogP contribution in [0.25, 0.3) is 0 Å². The van der Waals surface area contributed by atoms with E-state index in [2.05, 4.69) is 10.0 Å². The van der Waals surface area contributed by atoms with Gasteiger partial charge in [-0.1, -0.05) is 0 Å². The first-order chi connectivity index (χ1) is 9.69. The molecule has 1 rings (SSSR count). The van der Waals surface area contributed by atoms with Crippen molar-refractivity contribution in [3.05, 3.63) is 28.3 Å². The van der Waals surface area contributed by atoms with Crippen LogP contribution in [0.3, 0.4) is 0 Å². The van der Waals surface area contributed by atoms with Crippen molar-refractivity contribution in [1.29, 1.82) is 0 Å². The zero-order valence-corrected chi connectivity index (χ0v) is 13.5. The predicted molar refractivity (Wildman–Crippen MR) is 81.4 cm³/mol. The Kier molecular flexibility index (Phi) is 5.81. The van der Waals surface area contributed by atoms with Crippen LogP contribution in [-0.2, 0) is 20.8 Å². The smallest absolute Gasteiger partial charge is 0.291 e. The van der Waals surface area contributed by atoms with E-state index >= 15 is 0 Å². The number of nitrogens with zero attached hydrogens (tertiary/aromatic N) is 1. The van der Waals surface area contributed by atoms with Gasteiger partial charge in [0.1, 0.15) is 0 Å². The van der Waals surface area contributed by atoms with Crippen molar-refractivity contribution < 1.29 is 17.6 Å². The Balaban J connectivity index is 3.13. The number of hydrogen-bond donors (Lipinski definition) is 2. The number of nitro groups is 1. The highest BCUT2D eigenvalue weighted by atomic mass is 32.2. The second-order valence-electron chi connectivity index (χ2n) is 4.35. The summed E-state index contributed by atoms with van der Waals surface area (Å²) in [5, 5.41) is 13.3. The van der Waals surface area contributed by atoms with E-state index in [9.17, 15) is 22.7 Å². The molecule has 0 aliphatic heterocycles. The average molecular weight is 335 g/mol. The molecule has 21 heavy (non-hydrogen) atoms. The number of sulfonamides is 1. The average Bonchev–Trinajstić information content (AvgIpc) is 2.43. The van der Waals surface area contributed by atoms with E-state index in [4.69, 9.17) is 0 Å². The molecule has 0 amide bonds. The monoisotopic (exact) mass is 335 g/mol. The normalized spacial score (nSPS) is 14.4. The fourth-order valence-electron chi connectivity index (χ4n) is 1.46. The van der Waals surface area contributed by atoms with Gasteiger partial charge in [0.15, 0.2) is 4.90 Å². The lowest BCUT2D eigenvalue weighted by molar-refractivity contribution is -0.387. The predicted octanol–water partition coefficient (Wildman–Crippen LogP) is 0.682. The molecule has 2 unspecified atom stereocenters. The van der Waals surface area contributed by atoms with E-state index in [1.54, 1.807) is 14.0 Å². The van der Waals surface area contributed by atoms with Crippen LogP contribution in [0.4, 0.5) is 11.4 Å². The van der Waals surface area contributed by atoms with Crippen LogP contribution in [-0.4, -0.2) is 42.6 Å². The molecule has 0 spiro atoms. The molecule has 0 radical (unpaired) electrons. The molecule has 0 heterocycles. The zero-order chi connectivity index (χ0) is 16.2. The number of hydrogen-bond acceptors (Lipinski definition) is 6. The van der Waals surface area contributed by atoms with Gasteiger partial charge in [-0.2, -0.15) is 0 Å². The highest BCUT2D eigenvalue weighted by molar-refractivity contribution is 7.89. The molecule has 10 heteroatoms. The van der Waals surface area contributed by atoms with Gasteiger partial charge in [0.2, 0.25) is 10.0 Å². The Labute approximate surface area is 125 Å². The minimum absolute atomic E-state index is 0.0591. The molecule has 0 aliphatic carbocycles. The van der Waals surface area contributed by atoms with Gasteiger partial charge in [0, 0.05) is 47.7 Å². The molecule has 0 saturated carbocycles. The number of benzene rings is 1. The maximum absolute atomic E-state index is 12.1. The van der Waals surface area contributed by atoms with E-state index in [1.165, 1.54) is 18.4 Å². The first-order valence-electron chi connectivity index (χ1n) is 5.97. The van der Waals surface area contributed by atoms with E-state index in [0.29, 0.717) is 5.69 Å². The van der Waals surface area contributed by atoms with E-state index in [1.807, 2.05) is 0 Å². The Morgan fingerprint density at radius 2 is 2.05 bits per heavy atom. The van der Waals surface area contributed by atoms with Crippen molar-refractivity contribution in [3.63, 3.8) is 0 Å². The molecule has 0 saturated heterocycles. The fourth-order valence-corrected chi connectivity index (χ4v) is 3.17. The highest BCUT2D eigenvalue weighted by Crippen LogP contribution is 2.26. The third-order valence-corrected chi connectivity index (χ3v) is 5.63. The van der Waals surface area contributed by atoms with E-state index in [0.717, 1.165) is 6.07 Å². The Bertz CT molecular complexity index is 660. The SMILES string of the molecule is CNc1ccc(S(=O)(=O)NCC(C)S(C)=O)c([N+](=O)[O-])c1. The van der Waals surface area contributed by atoms with Crippen LogP contribution >= 0.6 is 0 Å². The summed E-state index contributed by atoms with van der Waals surface area (Å²) in [6.07, 6.45) is 1.46. The van der Waals surface area contributed by atoms with Crippen LogP contribution in [0.1, 0.15) is 6.92 Å². The lowest BCUT2D eigenvalue weighted by Gasteiger charge is -2.11. The first kappa shape index (κ1) is 17.5. The van der Waals surface area contributed by atoms with Crippen molar-refractivity contribution in [2.75, 3.05) is 25.2 Å². The molecule has 0 bridgehead atoms. The van der Waals surface area contributed by atoms with Crippen molar-refractivity contribution >= 4 is 32.2 Å². The van der Waals surface area contributed by atoms with Crippen LogP contribution in [0, 0.1) is 10.1 Å². The molecule has 0 aliphatic rings. The van der Waals surface area contributed by atoms with Gasteiger partial charge in [0.05, 0.1) is 4.92 Å². The van der Waals surface area contributed by atoms with Crippen molar-refractivity contribution in [2.24, 2.45) is 0 Å². The van der Waals surface area contributed by atoms with E-state index in [-0.39, 0.29) is 6.54 Å². The molecular weight excluding hydrogens is 318 g/mol. The summed E-state index contributed by atoms with van der Waals surface area (Å²) >= 11 is 0. The lowest BCUT2D eigenvalue weighted by Crippen LogP contribution is -2.33. The third-order valence-electron chi connectivity index (χ3n) is 2.86. The molecule has 2 N–H and O–H groups in total. The molecular formula is C11H17N3O5S2. The molecule has 1 aromatic rings. The molecule has 8 nitrogen and oxygen atoms in total. The summed E-state index contributed by atoms with van der Waals surface area (Å²) < 4.78 is 37.8. The third kappa shape index (κ3) is 4.48. The second kappa shape index (κ2) is 6.96. The van der Waals surface area contributed by atoms with Crippen molar-refractivity contribution in [1.82, 2.24) is 4.72 Å². The lowest BCUT2D eigenvalue weighted by atomic mass is 10.3. The molecule has 0 aromatic heterocycles. The first-order valence-corrected chi connectivity index (χ1v) is 9.07. The van der Waals surface area contributed by atoms with Gasteiger partial charge in [0.25, 0.3) is 5.69 Å². The summed E-state index contributed by atoms with van der Waals surface area (Å²) in [6.45, 7) is 1.56. The van der Waals surface area contributed by atoms with Gasteiger partial charge in [-0.05, 0) is 19.1 Å². The quantitative estimate of drug-likeness (QED) is 0.559. The minimum Gasteiger partial charge on any atom is -0.388 e. The van der Waals surface area contributed by atoms with Crippen LogP contribution in [0.15, 0.2) is 23.1 Å². The van der Waals surface area contributed by atoms with Crippen molar-refractivity contribution in [2.45, 2.75) is 17.1 Å². The minimum atomic E-state index is -4.04. The largest absolute Gasteiger partial charge is 0.388 e. The van der Waals surface area contributed by atoms with Gasteiger partial charge in [-0.25, -0.2) is 13.1 Å². The molecule has 0 fully saturated rings. The number of rotatable bonds is 7. The van der Waals surface area contributed by atoms with E-state index < -0.39 is 41.6 Å². The summed E-state index contributed by atoms with van der Waals surface area (Å²) in [5.74, 6) is 0. The Morgan fingerprint density at radius 1 is 1.43 bits per heavy atom. The van der Waals surface area contributed by atoms with Crippen LogP contribution in [0.2, 0.25) is 0 Å². The summed E-state index contributed by atoms with van der Waals surface area (Å²) in [6, 6.07) is 3.75. The second-order valence-corrected chi connectivity index (χ2v) is 7.89. The van der Waals surface area contributed by atoms with Crippen LogP contribution in [0.5, 0.6) is 0 Å². The van der Waals surface area contributed by atoms with Gasteiger partial charge in [-0.3, -0.25) is 14.3 Å². The maximum Gasteiger partial charge on any atom is 0.291 e. The zero-order valence-electron chi connectivity index (χ0n) is 11.8. The Hall–Kier alpha value is -1.52. The van der Waals surface area contributed by atoms with Crippen molar-refractivity contribution in [3.8, 4) is 0 Å². The summed E-state index contributed by atoms with van der Waals surface area (Å²) in [4.78, 5) is 9.85. The number of nitrogens with one attached hydrogen (secondary N) is 2. The summed E-state index contributed by atoms with van der Waals surface area (Å²) in [5.41, 5.74) is -0.0803. The summed E-state index contributed by atoms with van der Waals surface area (Å²) in [7, 11) is -3.66. The standard InChI is InChI=1S/C11H17N3O5S2/c1-8(20(3)17)7-13-21(18,19)11-5-4-9(12-2)6-10(11)14(15)16/h4-6,8,12-13H,7H2,1-3H3. The number of anilines is 1. The molecule has 1 aromatic carbocycles. The maximum atomic E-state index is 12.1. The van der Waals surface area contributed by atoms with Gasteiger partial charge >= 0.3 is 0 Å².